The maximum atomic E-state index is 11.5. The number of carboxylic acids is 1. The number of aromatic amines is 1. The van der Waals surface area contributed by atoms with Crippen LogP contribution in [0.3, 0.4) is 0 Å². The molecule has 0 bridgehead atoms. The fraction of sp³-hybridized carbons (Fsp3) is 0.400. The molecule has 3 rings (SSSR count). The number of hydrogen-bond donors (Lipinski definition) is 2. The first-order valence-corrected chi connectivity index (χ1v) is 6.37. The standard InChI is InChI=1S/C15H17NO2/c1-9-10(2)16-13-5-4-11(8-12(9)13)15(14(17)18)6-3-7-15/h4-5,8,16H,3,6-7H2,1-2H3,(H,17,18). The van der Waals surface area contributed by atoms with Crippen LogP contribution >= 0.6 is 0 Å². The highest BCUT2D eigenvalue weighted by atomic mass is 16.4. The van der Waals surface area contributed by atoms with Crippen LogP contribution in [0.15, 0.2) is 18.2 Å². The van der Waals surface area contributed by atoms with E-state index in [0.717, 1.165) is 41.4 Å². The smallest absolute Gasteiger partial charge is 0.314 e. The zero-order valence-electron chi connectivity index (χ0n) is 10.7. The molecule has 0 spiro atoms. The van der Waals surface area contributed by atoms with Crippen molar-refractivity contribution in [1.29, 1.82) is 0 Å². The Labute approximate surface area is 106 Å². The van der Waals surface area contributed by atoms with Crippen LogP contribution in [0.2, 0.25) is 0 Å². The van der Waals surface area contributed by atoms with Gasteiger partial charge in [0.25, 0.3) is 0 Å². The van der Waals surface area contributed by atoms with Crippen molar-refractivity contribution in [1.82, 2.24) is 4.98 Å². The van der Waals surface area contributed by atoms with Gasteiger partial charge in [-0.25, -0.2) is 0 Å². The summed E-state index contributed by atoms with van der Waals surface area (Å²) in [6.45, 7) is 4.12. The molecule has 0 unspecified atom stereocenters. The van der Waals surface area contributed by atoms with E-state index in [-0.39, 0.29) is 0 Å². The molecule has 0 saturated heterocycles. The molecule has 0 aliphatic heterocycles. The zero-order chi connectivity index (χ0) is 12.9. The summed E-state index contributed by atoms with van der Waals surface area (Å²) in [6.07, 6.45) is 2.53. The van der Waals surface area contributed by atoms with E-state index in [2.05, 4.69) is 18.0 Å². The highest BCUT2D eigenvalue weighted by Gasteiger charge is 2.45. The number of aliphatic carboxylic acids is 1. The number of fused-ring (bicyclic) bond motifs is 1. The van der Waals surface area contributed by atoms with Crippen LogP contribution in [0.5, 0.6) is 0 Å². The third-order valence-corrected chi connectivity index (χ3v) is 4.48. The van der Waals surface area contributed by atoms with Gasteiger partial charge in [-0.15, -0.1) is 0 Å². The Morgan fingerprint density at radius 3 is 2.61 bits per heavy atom. The average molecular weight is 243 g/mol. The second-order valence-electron chi connectivity index (χ2n) is 5.38. The molecule has 2 N–H and O–H groups in total. The molecule has 94 valence electrons. The van der Waals surface area contributed by atoms with Crippen LogP contribution in [0.4, 0.5) is 0 Å². The van der Waals surface area contributed by atoms with Crippen molar-refractivity contribution in [2.24, 2.45) is 0 Å². The fourth-order valence-electron chi connectivity index (χ4n) is 2.92. The molecular formula is C15H17NO2. The summed E-state index contributed by atoms with van der Waals surface area (Å²) in [6, 6.07) is 6.03. The lowest BCUT2D eigenvalue weighted by atomic mass is 9.64. The number of aromatic nitrogens is 1. The molecule has 0 amide bonds. The second-order valence-corrected chi connectivity index (χ2v) is 5.38. The molecule has 2 aromatic rings. The van der Waals surface area contributed by atoms with Crippen molar-refractivity contribution in [2.75, 3.05) is 0 Å². The lowest BCUT2D eigenvalue weighted by molar-refractivity contribution is -0.147. The van der Waals surface area contributed by atoms with Gasteiger partial charge < -0.3 is 10.1 Å². The Bertz CT molecular complexity index is 635. The maximum absolute atomic E-state index is 11.5. The number of H-pyrrole nitrogens is 1. The van der Waals surface area contributed by atoms with Crippen LogP contribution in [0.1, 0.15) is 36.1 Å². The summed E-state index contributed by atoms with van der Waals surface area (Å²) in [5.41, 5.74) is 3.78. The van der Waals surface area contributed by atoms with Gasteiger partial charge in [0, 0.05) is 16.6 Å². The van der Waals surface area contributed by atoms with Crippen LogP contribution < -0.4 is 0 Å². The van der Waals surface area contributed by atoms with E-state index < -0.39 is 11.4 Å². The predicted octanol–water partition coefficient (Wildman–Crippen LogP) is 3.29. The molecule has 3 heteroatoms. The van der Waals surface area contributed by atoms with Crippen molar-refractivity contribution in [3.8, 4) is 0 Å². The van der Waals surface area contributed by atoms with Crippen LogP contribution in [-0.4, -0.2) is 16.1 Å². The van der Waals surface area contributed by atoms with E-state index in [0.29, 0.717) is 0 Å². The van der Waals surface area contributed by atoms with E-state index in [9.17, 15) is 9.90 Å². The van der Waals surface area contributed by atoms with E-state index in [1.165, 1.54) is 5.56 Å². The molecule has 1 aliphatic rings. The molecule has 1 heterocycles. The van der Waals surface area contributed by atoms with Gasteiger partial charge in [0.05, 0.1) is 5.41 Å². The molecular weight excluding hydrogens is 226 g/mol. The van der Waals surface area contributed by atoms with Gasteiger partial charge in [-0.05, 0) is 49.9 Å². The van der Waals surface area contributed by atoms with E-state index in [1.807, 2.05) is 19.1 Å². The molecule has 1 aromatic heterocycles. The molecule has 18 heavy (non-hydrogen) atoms. The van der Waals surface area contributed by atoms with Gasteiger partial charge in [-0.2, -0.15) is 0 Å². The third-order valence-electron chi connectivity index (χ3n) is 4.48. The van der Waals surface area contributed by atoms with Crippen molar-refractivity contribution in [3.63, 3.8) is 0 Å². The number of nitrogens with one attached hydrogen (secondary N) is 1. The van der Waals surface area contributed by atoms with Gasteiger partial charge in [-0.3, -0.25) is 4.79 Å². The van der Waals surface area contributed by atoms with Crippen LogP contribution in [0.25, 0.3) is 10.9 Å². The number of aryl methyl sites for hydroxylation is 2. The average Bonchev–Trinajstić information content (AvgIpc) is 2.53. The maximum Gasteiger partial charge on any atom is 0.314 e. The minimum Gasteiger partial charge on any atom is -0.481 e. The summed E-state index contributed by atoms with van der Waals surface area (Å²) >= 11 is 0. The van der Waals surface area contributed by atoms with Gasteiger partial charge in [0.2, 0.25) is 0 Å². The fourth-order valence-corrected chi connectivity index (χ4v) is 2.92. The number of carboxylic acid groups (broad SMARTS) is 1. The first-order valence-electron chi connectivity index (χ1n) is 6.37. The summed E-state index contributed by atoms with van der Waals surface area (Å²) in [7, 11) is 0. The predicted molar refractivity (Wildman–Crippen MR) is 70.9 cm³/mol. The van der Waals surface area contributed by atoms with E-state index in [1.54, 1.807) is 0 Å². The van der Waals surface area contributed by atoms with Gasteiger partial charge in [0.1, 0.15) is 0 Å². The normalized spacial score (nSPS) is 17.7. The Hall–Kier alpha value is -1.77. The first kappa shape index (κ1) is 11.3. The molecule has 0 atom stereocenters. The summed E-state index contributed by atoms with van der Waals surface area (Å²) in [4.78, 5) is 14.8. The van der Waals surface area contributed by atoms with Gasteiger partial charge in [-0.1, -0.05) is 12.5 Å². The number of hydrogen-bond acceptors (Lipinski definition) is 1. The Morgan fingerprint density at radius 1 is 1.33 bits per heavy atom. The number of rotatable bonds is 2. The number of carbonyl (C=O) groups is 1. The quantitative estimate of drug-likeness (QED) is 0.850. The Balaban J connectivity index is 2.18. The lowest BCUT2D eigenvalue weighted by Crippen LogP contribution is -2.42. The lowest BCUT2D eigenvalue weighted by Gasteiger charge is -2.38. The molecule has 3 nitrogen and oxygen atoms in total. The first-order chi connectivity index (χ1) is 8.54. The molecule has 1 aliphatic carbocycles. The molecule has 0 radical (unpaired) electrons. The van der Waals surface area contributed by atoms with Crippen molar-refractivity contribution < 1.29 is 9.90 Å². The third kappa shape index (κ3) is 1.33. The van der Waals surface area contributed by atoms with E-state index >= 15 is 0 Å². The van der Waals surface area contributed by atoms with Crippen molar-refractivity contribution >= 4 is 16.9 Å². The highest BCUT2D eigenvalue weighted by molar-refractivity contribution is 5.89. The Kier molecular flexibility index (Phi) is 2.27. The molecule has 1 saturated carbocycles. The largest absolute Gasteiger partial charge is 0.481 e. The van der Waals surface area contributed by atoms with E-state index in [4.69, 9.17) is 0 Å². The van der Waals surface area contributed by atoms with Crippen molar-refractivity contribution in [2.45, 2.75) is 38.5 Å². The Morgan fingerprint density at radius 2 is 2.06 bits per heavy atom. The van der Waals surface area contributed by atoms with Crippen LogP contribution in [0, 0.1) is 13.8 Å². The second kappa shape index (κ2) is 3.61. The molecule has 1 aromatic carbocycles. The minimum atomic E-state index is -0.682. The van der Waals surface area contributed by atoms with Crippen LogP contribution in [-0.2, 0) is 10.2 Å². The van der Waals surface area contributed by atoms with Gasteiger partial charge in [0.15, 0.2) is 0 Å². The highest BCUT2D eigenvalue weighted by Crippen LogP contribution is 2.44. The monoisotopic (exact) mass is 243 g/mol. The number of benzene rings is 1. The van der Waals surface area contributed by atoms with Gasteiger partial charge >= 0.3 is 5.97 Å². The van der Waals surface area contributed by atoms with Crippen molar-refractivity contribution in [3.05, 3.63) is 35.0 Å². The summed E-state index contributed by atoms with van der Waals surface area (Å²) in [5.74, 6) is -0.682. The summed E-state index contributed by atoms with van der Waals surface area (Å²) in [5, 5.41) is 10.6. The summed E-state index contributed by atoms with van der Waals surface area (Å²) < 4.78 is 0. The zero-order valence-corrected chi connectivity index (χ0v) is 10.7. The minimum absolute atomic E-state index is 0.633. The topological polar surface area (TPSA) is 53.1 Å². The molecule has 1 fully saturated rings. The SMILES string of the molecule is Cc1[nH]c2ccc(C3(C(=O)O)CCC3)cc2c1C.